The van der Waals surface area contributed by atoms with Crippen molar-refractivity contribution in [2.45, 2.75) is 0 Å². The Balaban J connectivity index is 1.43. The van der Waals surface area contributed by atoms with Crippen LogP contribution in [0.2, 0.25) is 0 Å². The average molecular weight is 377 g/mol. The number of para-hydroxylation sites is 1. The van der Waals surface area contributed by atoms with Gasteiger partial charge in [-0.2, -0.15) is 0 Å². The molecular formula is C21H20FN5O. The van der Waals surface area contributed by atoms with Gasteiger partial charge in [-0.05, 0) is 30.3 Å². The first-order valence-corrected chi connectivity index (χ1v) is 9.12. The molecule has 1 N–H and O–H groups in total. The number of pyridine rings is 2. The Morgan fingerprint density at radius 1 is 0.964 bits per heavy atom. The van der Waals surface area contributed by atoms with E-state index < -0.39 is 5.82 Å². The molecule has 1 saturated heterocycles. The molecule has 1 aliphatic rings. The van der Waals surface area contributed by atoms with Gasteiger partial charge in [0.15, 0.2) is 0 Å². The van der Waals surface area contributed by atoms with Gasteiger partial charge in [0.1, 0.15) is 11.6 Å². The van der Waals surface area contributed by atoms with Crippen molar-refractivity contribution in [1.29, 1.82) is 0 Å². The third-order valence-corrected chi connectivity index (χ3v) is 4.73. The number of amides is 1. The zero-order valence-corrected chi connectivity index (χ0v) is 15.3. The van der Waals surface area contributed by atoms with Crippen LogP contribution in [0.15, 0.2) is 67.1 Å². The number of carbonyl (C=O) groups excluding carboxylic acids is 1. The van der Waals surface area contributed by atoms with Crippen LogP contribution in [-0.4, -0.2) is 42.1 Å². The maximum absolute atomic E-state index is 13.8. The van der Waals surface area contributed by atoms with Crippen LogP contribution in [-0.2, 0) is 0 Å². The summed E-state index contributed by atoms with van der Waals surface area (Å²) in [7, 11) is 0. The number of nitrogens with zero attached hydrogens (tertiary/aromatic N) is 4. The number of anilines is 3. The Morgan fingerprint density at radius 3 is 2.46 bits per heavy atom. The quantitative estimate of drug-likeness (QED) is 0.757. The molecule has 0 bridgehead atoms. The molecule has 6 nitrogen and oxygen atoms in total. The fourth-order valence-corrected chi connectivity index (χ4v) is 3.22. The SMILES string of the molecule is O=C(Nc1ccccc1F)c1cncc(N2CCN(c3ccccn3)CC2)c1. The summed E-state index contributed by atoms with van der Waals surface area (Å²) in [5.74, 6) is 0.121. The molecular weight excluding hydrogens is 357 g/mol. The highest BCUT2D eigenvalue weighted by Gasteiger charge is 2.19. The average Bonchev–Trinajstić information content (AvgIpc) is 2.76. The highest BCUT2D eigenvalue weighted by atomic mass is 19.1. The summed E-state index contributed by atoms with van der Waals surface area (Å²) in [6, 6.07) is 13.8. The Kier molecular flexibility index (Phi) is 5.14. The number of nitrogens with one attached hydrogen (secondary N) is 1. The lowest BCUT2D eigenvalue weighted by Gasteiger charge is -2.36. The second kappa shape index (κ2) is 8.04. The molecule has 0 spiro atoms. The molecule has 0 radical (unpaired) electrons. The van der Waals surface area contributed by atoms with Gasteiger partial charge in [0.05, 0.1) is 23.1 Å². The van der Waals surface area contributed by atoms with Gasteiger partial charge >= 0.3 is 0 Å². The van der Waals surface area contributed by atoms with Crippen LogP contribution in [0.4, 0.5) is 21.6 Å². The zero-order valence-electron chi connectivity index (χ0n) is 15.3. The number of hydrogen-bond acceptors (Lipinski definition) is 5. The predicted molar refractivity (Wildman–Crippen MR) is 107 cm³/mol. The maximum Gasteiger partial charge on any atom is 0.257 e. The smallest absolute Gasteiger partial charge is 0.257 e. The minimum Gasteiger partial charge on any atom is -0.367 e. The minimum absolute atomic E-state index is 0.155. The highest BCUT2D eigenvalue weighted by Crippen LogP contribution is 2.20. The predicted octanol–water partition coefficient (Wildman–Crippen LogP) is 3.19. The van der Waals surface area contributed by atoms with Gasteiger partial charge in [0, 0.05) is 38.6 Å². The number of aromatic nitrogens is 2. The molecule has 28 heavy (non-hydrogen) atoms. The molecule has 1 amide bonds. The fraction of sp³-hybridized carbons (Fsp3) is 0.190. The molecule has 0 unspecified atom stereocenters. The van der Waals surface area contributed by atoms with Gasteiger partial charge in [0.2, 0.25) is 0 Å². The van der Waals surface area contributed by atoms with Crippen LogP contribution in [0.25, 0.3) is 0 Å². The van der Waals surface area contributed by atoms with Crippen molar-refractivity contribution in [1.82, 2.24) is 9.97 Å². The van der Waals surface area contributed by atoms with Crippen LogP contribution in [0.3, 0.4) is 0 Å². The van der Waals surface area contributed by atoms with Gasteiger partial charge < -0.3 is 15.1 Å². The van der Waals surface area contributed by atoms with E-state index in [1.54, 1.807) is 30.6 Å². The Morgan fingerprint density at radius 2 is 1.71 bits per heavy atom. The summed E-state index contributed by atoms with van der Waals surface area (Å²) in [4.78, 5) is 25.5. The Hall–Kier alpha value is -3.48. The minimum atomic E-state index is -0.467. The van der Waals surface area contributed by atoms with Crippen LogP contribution >= 0.6 is 0 Å². The van der Waals surface area contributed by atoms with Crippen molar-refractivity contribution in [2.75, 3.05) is 41.3 Å². The third-order valence-electron chi connectivity index (χ3n) is 4.73. The normalized spacial score (nSPS) is 14.0. The molecule has 1 aliphatic heterocycles. The highest BCUT2D eigenvalue weighted by molar-refractivity contribution is 6.04. The first-order valence-electron chi connectivity index (χ1n) is 9.12. The van der Waals surface area contributed by atoms with E-state index in [0.29, 0.717) is 5.56 Å². The Bertz CT molecular complexity index is 958. The maximum atomic E-state index is 13.8. The largest absolute Gasteiger partial charge is 0.367 e. The Labute approximate surface area is 162 Å². The summed E-state index contributed by atoms with van der Waals surface area (Å²) in [5.41, 5.74) is 1.43. The van der Waals surface area contributed by atoms with Crippen molar-refractivity contribution in [3.8, 4) is 0 Å². The molecule has 3 aromatic rings. The molecule has 2 aromatic heterocycles. The van der Waals surface area contributed by atoms with E-state index in [1.807, 2.05) is 18.2 Å². The molecule has 1 fully saturated rings. The van der Waals surface area contributed by atoms with E-state index in [4.69, 9.17) is 0 Å². The number of rotatable bonds is 4. The molecule has 7 heteroatoms. The zero-order chi connectivity index (χ0) is 19.3. The first-order chi connectivity index (χ1) is 13.7. The summed E-state index contributed by atoms with van der Waals surface area (Å²) in [6.45, 7) is 3.28. The van der Waals surface area contributed by atoms with Crippen LogP contribution < -0.4 is 15.1 Å². The third kappa shape index (κ3) is 3.93. The van der Waals surface area contributed by atoms with E-state index in [-0.39, 0.29) is 11.6 Å². The molecule has 4 rings (SSSR count). The first kappa shape index (κ1) is 17.9. The fourth-order valence-electron chi connectivity index (χ4n) is 3.22. The van der Waals surface area contributed by atoms with Gasteiger partial charge in [-0.25, -0.2) is 9.37 Å². The topological polar surface area (TPSA) is 61.4 Å². The lowest BCUT2D eigenvalue weighted by Crippen LogP contribution is -2.46. The van der Waals surface area contributed by atoms with Crippen molar-refractivity contribution >= 4 is 23.1 Å². The van der Waals surface area contributed by atoms with Crippen molar-refractivity contribution in [3.63, 3.8) is 0 Å². The molecule has 0 aliphatic carbocycles. The van der Waals surface area contributed by atoms with E-state index in [2.05, 4.69) is 25.1 Å². The molecule has 142 valence electrons. The summed E-state index contributed by atoms with van der Waals surface area (Å²) in [6.07, 6.45) is 5.03. The van der Waals surface area contributed by atoms with E-state index in [9.17, 15) is 9.18 Å². The molecule has 3 heterocycles. The van der Waals surface area contributed by atoms with E-state index in [0.717, 1.165) is 37.7 Å². The molecule has 1 aromatic carbocycles. The summed E-state index contributed by atoms with van der Waals surface area (Å²) >= 11 is 0. The van der Waals surface area contributed by atoms with Crippen molar-refractivity contribution < 1.29 is 9.18 Å². The van der Waals surface area contributed by atoms with Crippen LogP contribution in [0.1, 0.15) is 10.4 Å². The molecule has 0 atom stereocenters. The van der Waals surface area contributed by atoms with Gasteiger partial charge in [0.25, 0.3) is 5.91 Å². The number of piperazine rings is 1. The molecule has 0 saturated carbocycles. The number of carbonyl (C=O) groups is 1. The van der Waals surface area contributed by atoms with Crippen LogP contribution in [0, 0.1) is 5.82 Å². The summed E-state index contributed by atoms with van der Waals surface area (Å²) < 4.78 is 13.8. The second-order valence-electron chi connectivity index (χ2n) is 6.53. The van der Waals surface area contributed by atoms with Gasteiger partial charge in [-0.15, -0.1) is 0 Å². The van der Waals surface area contributed by atoms with Gasteiger partial charge in [-0.1, -0.05) is 18.2 Å². The van der Waals surface area contributed by atoms with E-state index in [1.165, 1.54) is 18.3 Å². The lowest BCUT2D eigenvalue weighted by molar-refractivity contribution is 0.102. The van der Waals surface area contributed by atoms with Crippen molar-refractivity contribution in [2.24, 2.45) is 0 Å². The number of hydrogen-bond donors (Lipinski definition) is 1. The summed E-state index contributed by atoms with van der Waals surface area (Å²) in [5, 5.41) is 2.60. The standard InChI is InChI=1S/C21H20FN5O/c22-18-5-1-2-6-19(18)25-21(28)16-13-17(15-23-14-16)26-9-11-27(12-10-26)20-7-3-4-8-24-20/h1-8,13-15H,9-12H2,(H,25,28). The second-order valence-corrected chi connectivity index (χ2v) is 6.53. The van der Waals surface area contributed by atoms with Crippen LogP contribution in [0.5, 0.6) is 0 Å². The lowest BCUT2D eigenvalue weighted by atomic mass is 10.2. The van der Waals surface area contributed by atoms with Gasteiger partial charge in [-0.3, -0.25) is 9.78 Å². The number of halogens is 1. The monoisotopic (exact) mass is 377 g/mol. The number of benzene rings is 1. The van der Waals surface area contributed by atoms with Crippen molar-refractivity contribution in [3.05, 3.63) is 78.5 Å². The van der Waals surface area contributed by atoms with E-state index >= 15 is 0 Å².